The second kappa shape index (κ2) is 10.9. The second-order valence-electron chi connectivity index (χ2n) is 7.79. The second-order valence-corrected chi connectivity index (χ2v) is 9.02. The van der Waals surface area contributed by atoms with E-state index in [1.54, 1.807) is 18.2 Å². The van der Waals surface area contributed by atoms with E-state index in [4.69, 9.17) is 29.5 Å². The van der Waals surface area contributed by atoms with Gasteiger partial charge in [0.15, 0.2) is 17.3 Å². The van der Waals surface area contributed by atoms with E-state index in [-0.39, 0.29) is 12.4 Å². The van der Waals surface area contributed by atoms with Gasteiger partial charge in [-0.25, -0.2) is 18.0 Å². The normalized spacial score (nSPS) is 11.4. The molecule has 0 spiro atoms. The lowest BCUT2D eigenvalue weighted by Gasteiger charge is -2.11. The standard InChI is InChI=1S/C24H23FN3O7P/c1-32-21-9-8-18(25)12-23(21)33-14-17-6-4-16(5-7-17)11-19-13-22(35-27-19)20-3-2-10-28(24(20)26)15-34-36(29,30)31/h2-10,12-13,26H,11,14-15H2,1H3,(H2,29,30,31)/p+1. The minimum atomic E-state index is -4.64. The average molecular weight is 516 g/mol. The first-order valence-corrected chi connectivity index (χ1v) is 12.2. The van der Waals surface area contributed by atoms with Crippen molar-refractivity contribution in [1.82, 2.24) is 5.16 Å². The third-order valence-corrected chi connectivity index (χ3v) is 5.68. The first-order chi connectivity index (χ1) is 17.2. The summed E-state index contributed by atoms with van der Waals surface area (Å²) < 4.78 is 46.7. The highest BCUT2D eigenvalue weighted by Crippen LogP contribution is 2.35. The van der Waals surface area contributed by atoms with Gasteiger partial charge in [-0.3, -0.25) is 5.73 Å². The number of rotatable bonds is 10. The van der Waals surface area contributed by atoms with Crippen LogP contribution in [0.15, 0.2) is 71.4 Å². The van der Waals surface area contributed by atoms with E-state index in [1.807, 2.05) is 24.3 Å². The molecule has 0 aliphatic carbocycles. The summed E-state index contributed by atoms with van der Waals surface area (Å²) in [5.41, 5.74) is 9.17. The number of ether oxygens (including phenoxy) is 2. The molecule has 0 radical (unpaired) electrons. The number of halogens is 1. The van der Waals surface area contributed by atoms with Crippen molar-refractivity contribution in [3.63, 3.8) is 0 Å². The number of hydrogen-bond donors (Lipinski definition) is 3. The summed E-state index contributed by atoms with van der Waals surface area (Å²) in [7, 11) is -3.15. The number of phosphoric acid groups is 1. The van der Waals surface area contributed by atoms with Crippen molar-refractivity contribution >= 4 is 13.6 Å². The maximum absolute atomic E-state index is 13.5. The van der Waals surface area contributed by atoms with Crippen LogP contribution in [0.5, 0.6) is 11.5 Å². The number of nitrogen functional groups attached to an aromatic ring is 1. The number of hydrogen-bond acceptors (Lipinski definition) is 7. The Labute approximate surface area is 205 Å². The fourth-order valence-electron chi connectivity index (χ4n) is 3.43. The third-order valence-electron chi connectivity index (χ3n) is 5.23. The van der Waals surface area contributed by atoms with Crippen molar-refractivity contribution in [1.29, 1.82) is 0 Å². The van der Waals surface area contributed by atoms with Crippen molar-refractivity contribution in [2.24, 2.45) is 0 Å². The molecule has 4 aromatic rings. The fraction of sp³-hybridized carbons (Fsp3) is 0.167. The number of benzene rings is 2. The Morgan fingerprint density at radius 1 is 1.08 bits per heavy atom. The number of aromatic nitrogens is 2. The molecular formula is C24H24FN3O7P+. The van der Waals surface area contributed by atoms with Crippen LogP contribution in [0.2, 0.25) is 0 Å². The monoisotopic (exact) mass is 516 g/mol. The minimum Gasteiger partial charge on any atom is -0.493 e. The minimum absolute atomic E-state index is 0.202. The lowest BCUT2D eigenvalue weighted by atomic mass is 10.1. The molecule has 188 valence electrons. The van der Waals surface area contributed by atoms with Crippen molar-refractivity contribution in [3.8, 4) is 22.8 Å². The summed E-state index contributed by atoms with van der Waals surface area (Å²) in [5, 5.41) is 4.10. The predicted octanol–water partition coefficient (Wildman–Crippen LogP) is 3.60. The van der Waals surface area contributed by atoms with Crippen LogP contribution >= 0.6 is 7.82 Å². The zero-order valence-electron chi connectivity index (χ0n) is 19.2. The molecule has 36 heavy (non-hydrogen) atoms. The first kappa shape index (κ1) is 25.3. The Morgan fingerprint density at radius 2 is 1.83 bits per heavy atom. The number of nitrogens with two attached hydrogens (primary N) is 1. The van der Waals surface area contributed by atoms with Gasteiger partial charge >= 0.3 is 7.82 Å². The topological polar surface area (TPSA) is 141 Å². The smallest absolute Gasteiger partial charge is 0.472 e. The number of pyridine rings is 1. The van der Waals surface area contributed by atoms with Gasteiger partial charge in [0.2, 0.25) is 6.73 Å². The molecule has 0 amide bonds. The molecule has 2 aromatic carbocycles. The molecule has 2 heterocycles. The van der Waals surface area contributed by atoms with Crippen LogP contribution in [-0.4, -0.2) is 22.1 Å². The maximum atomic E-state index is 13.5. The highest BCUT2D eigenvalue weighted by atomic mass is 31.2. The van der Waals surface area contributed by atoms with Gasteiger partial charge in [-0.1, -0.05) is 29.4 Å². The summed E-state index contributed by atoms with van der Waals surface area (Å²) in [5.74, 6) is 0.977. The molecular weight excluding hydrogens is 492 g/mol. The molecule has 0 aliphatic rings. The molecule has 4 rings (SSSR count). The molecule has 0 saturated heterocycles. The molecule has 0 aliphatic heterocycles. The number of anilines is 1. The molecule has 12 heteroatoms. The highest BCUT2D eigenvalue weighted by Gasteiger charge is 2.20. The molecule has 0 fully saturated rings. The summed E-state index contributed by atoms with van der Waals surface area (Å²) in [6.45, 7) is -0.180. The van der Waals surface area contributed by atoms with Crippen LogP contribution in [0.3, 0.4) is 0 Å². The lowest BCUT2D eigenvalue weighted by Crippen LogP contribution is -2.38. The Hall–Kier alpha value is -3.76. The Kier molecular flexibility index (Phi) is 7.66. The average Bonchev–Trinajstić information content (AvgIpc) is 3.30. The SMILES string of the molecule is COc1ccc(F)cc1OCc1ccc(Cc2cc(-c3ccc[n+](COP(=O)(O)O)c3N)on2)cc1. The van der Waals surface area contributed by atoms with Gasteiger partial charge in [0.1, 0.15) is 18.0 Å². The molecule has 10 nitrogen and oxygen atoms in total. The zero-order valence-corrected chi connectivity index (χ0v) is 20.1. The van der Waals surface area contributed by atoms with Crippen LogP contribution < -0.4 is 19.8 Å². The number of methoxy groups -OCH3 is 1. The van der Waals surface area contributed by atoms with Crippen LogP contribution in [-0.2, 0) is 28.8 Å². The quantitative estimate of drug-likeness (QED) is 0.213. The van der Waals surface area contributed by atoms with E-state index < -0.39 is 20.4 Å². The first-order valence-electron chi connectivity index (χ1n) is 10.7. The summed E-state index contributed by atoms with van der Waals surface area (Å²) in [6.07, 6.45) is 2.03. The Morgan fingerprint density at radius 3 is 2.56 bits per heavy atom. The van der Waals surface area contributed by atoms with Crippen LogP contribution in [0.4, 0.5) is 10.2 Å². The molecule has 0 bridgehead atoms. The predicted molar refractivity (Wildman–Crippen MR) is 126 cm³/mol. The van der Waals surface area contributed by atoms with Crippen molar-refractivity contribution in [3.05, 3.63) is 89.5 Å². The van der Waals surface area contributed by atoms with Crippen molar-refractivity contribution < 1.29 is 41.8 Å². The van der Waals surface area contributed by atoms with E-state index in [2.05, 4.69) is 9.68 Å². The van der Waals surface area contributed by atoms with Gasteiger partial charge < -0.3 is 23.8 Å². The van der Waals surface area contributed by atoms with Gasteiger partial charge in [0.25, 0.3) is 5.82 Å². The summed E-state index contributed by atoms with van der Waals surface area (Å²) in [6, 6.07) is 16.9. The third kappa shape index (κ3) is 6.46. The molecule has 0 atom stereocenters. The molecule has 0 saturated carbocycles. The Balaban J connectivity index is 1.40. The van der Waals surface area contributed by atoms with E-state index in [0.717, 1.165) is 11.1 Å². The largest absolute Gasteiger partial charge is 0.493 e. The molecule has 2 aromatic heterocycles. The summed E-state index contributed by atoms with van der Waals surface area (Å²) >= 11 is 0. The van der Waals surface area contributed by atoms with Crippen molar-refractivity contribution in [2.45, 2.75) is 19.8 Å². The highest BCUT2D eigenvalue weighted by molar-refractivity contribution is 7.46. The summed E-state index contributed by atoms with van der Waals surface area (Å²) in [4.78, 5) is 17.8. The number of phosphoric ester groups is 1. The fourth-order valence-corrected chi connectivity index (χ4v) is 3.71. The van der Waals surface area contributed by atoms with Crippen LogP contribution in [0.25, 0.3) is 11.3 Å². The van der Waals surface area contributed by atoms with Gasteiger partial charge in [0.05, 0.1) is 19.0 Å². The van der Waals surface area contributed by atoms with Crippen LogP contribution in [0.1, 0.15) is 16.8 Å². The molecule has 0 unspecified atom stereocenters. The van der Waals surface area contributed by atoms with E-state index in [9.17, 15) is 8.96 Å². The maximum Gasteiger partial charge on any atom is 0.472 e. The number of nitrogens with zero attached hydrogens (tertiary/aromatic N) is 2. The van der Waals surface area contributed by atoms with Crippen LogP contribution in [0, 0.1) is 5.82 Å². The van der Waals surface area contributed by atoms with E-state index in [0.29, 0.717) is 34.9 Å². The zero-order chi connectivity index (χ0) is 25.7. The Bertz CT molecular complexity index is 1390. The molecule has 4 N–H and O–H groups in total. The lowest BCUT2D eigenvalue weighted by molar-refractivity contribution is -0.711. The van der Waals surface area contributed by atoms with E-state index in [1.165, 1.54) is 36.1 Å². The van der Waals surface area contributed by atoms with Gasteiger partial charge in [-0.2, -0.15) is 0 Å². The van der Waals surface area contributed by atoms with Crippen molar-refractivity contribution in [2.75, 3.05) is 12.8 Å². The van der Waals surface area contributed by atoms with E-state index >= 15 is 0 Å². The van der Waals surface area contributed by atoms with Gasteiger partial charge in [-0.15, -0.1) is 0 Å². The van der Waals surface area contributed by atoms with Gasteiger partial charge in [0, 0.05) is 18.6 Å². The van der Waals surface area contributed by atoms with Gasteiger partial charge in [-0.05, 0) is 35.4 Å².